The van der Waals surface area contributed by atoms with Crippen LogP contribution in [-0.2, 0) is 0 Å². The van der Waals surface area contributed by atoms with Gasteiger partial charge in [0.15, 0.2) is 0 Å². The van der Waals surface area contributed by atoms with E-state index in [0.29, 0.717) is 6.04 Å². The fourth-order valence-corrected chi connectivity index (χ4v) is 3.43. The lowest BCUT2D eigenvalue weighted by atomic mass is 9.90. The molecule has 2 aromatic rings. The Bertz CT molecular complexity index is 621. The van der Waals surface area contributed by atoms with E-state index in [-0.39, 0.29) is 0 Å². The number of hydrogen-bond acceptors (Lipinski definition) is 4. The summed E-state index contributed by atoms with van der Waals surface area (Å²) in [6.07, 6.45) is 6.53. The largest absolute Gasteiger partial charge is 0.367 e. The highest BCUT2D eigenvalue weighted by molar-refractivity contribution is 9.10. The molecule has 1 saturated carbocycles. The van der Waals surface area contributed by atoms with Crippen molar-refractivity contribution in [2.24, 2.45) is 0 Å². The molecule has 0 unspecified atom stereocenters. The predicted octanol–water partition coefficient (Wildman–Crippen LogP) is 3.68. The molecule has 0 spiro atoms. The van der Waals surface area contributed by atoms with E-state index in [1.165, 1.54) is 25.7 Å². The van der Waals surface area contributed by atoms with E-state index < -0.39 is 0 Å². The molecule has 0 amide bonds. The normalized spacial score (nSPS) is 22.7. The van der Waals surface area contributed by atoms with Crippen molar-refractivity contribution in [1.29, 1.82) is 0 Å². The van der Waals surface area contributed by atoms with Gasteiger partial charge in [-0.05, 0) is 58.0 Å². The number of fused-ring (bicyclic) bond motifs is 1. The van der Waals surface area contributed by atoms with E-state index in [1.54, 1.807) is 6.33 Å². The molecule has 1 heterocycles. The van der Waals surface area contributed by atoms with E-state index in [2.05, 4.69) is 56.3 Å². The molecule has 1 N–H and O–H groups in total. The fourth-order valence-electron chi connectivity index (χ4n) is 3.07. The quantitative estimate of drug-likeness (QED) is 0.918. The Labute approximate surface area is 134 Å². The lowest BCUT2D eigenvalue weighted by Gasteiger charge is -2.33. The third-order valence-electron chi connectivity index (χ3n) is 4.37. The average molecular weight is 349 g/mol. The maximum Gasteiger partial charge on any atom is 0.137 e. The van der Waals surface area contributed by atoms with Crippen LogP contribution >= 0.6 is 15.9 Å². The van der Waals surface area contributed by atoms with E-state index in [4.69, 9.17) is 0 Å². The molecule has 1 aromatic carbocycles. The summed E-state index contributed by atoms with van der Waals surface area (Å²) in [6, 6.07) is 7.36. The molecule has 1 aliphatic carbocycles. The average Bonchev–Trinajstić information content (AvgIpc) is 2.48. The number of anilines is 1. The summed E-state index contributed by atoms with van der Waals surface area (Å²) in [5, 5.41) is 4.70. The van der Waals surface area contributed by atoms with Gasteiger partial charge in [-0.2, -0.15) is 0 Å². The minimum atomic E-state index is 0.512. The van der Waals surface area contributed by atoms with E-state index in [0.717, 1.165) is 27.2 Å². The molecule has 0 atom stereocenters. The van der Waals surface area contributed by atoms with Crippen LogP contribution in [0.4, 0.5) is 5.82 Å². The van der Waals surface area contributed by atoms with Gasteiger partial charge in [0.2, 0.25) is 0 Å². The van der Waals surface area contributed by atoms with E-state index in [9.17, 15) is 0 Å². The van der Waals surface area contributed by atoms with E-state index in [1.807, 2.05) is 12.1 Å². The van der Waals surface area contributed by atoms with E-state index >= 15 is 0 Å². The molecule has 1 aromatic heterocycles. The number of halogens is 1. The van der Waals surface area contributed by atoms with Crippen LogP contribution in [0.5, 0.6) is 0 Å². The maximum absolute atomic E-state index is 4.44. The zero-order chi connectivity index (χ0) is 14.8. The first-order valence-corrected chi connectivity index (χ1v) is 8.26. The zero-order valence-corrected chi connectivity index (χ0v) is 14.1. The van der Waals surface area contributed by atoms with Gasteiger partial charge in [-0.3, -0.25) is 0 Å². The van der Waals surface area contributed by atoms with Crippen molar-refractivity contribution in [3.05, 3.63) is 29.0 Å². The number of nitrogens with one attached hydrogen (secondary N) is 1. The molecule has 112 valence electrons. The highest BCUT2D eigenvalue weighted by atomic mass is 79.9. The van der Waals surface area contributed by atoms with Gasteiger partial charge in [0, 0.05) is 21.9 Å². The minimum Gasteiger partial charge on any atom is -0.367 e. The van der Waals surface area contributed by atoms with Crippen LogP contribution in [0.1, 0.15) is 25.7 Å². The lowest BCUT2D eigenvalue weighted by Crippen LogP contribution is -2.36. The first-order chi connectivity index (χ1) is 10.1. The van der Waals surface area contributed by atoms with Crippen LogP contribution in [0.3, 0.4) is 0 Å². The Kier molecular flexibility index (Phi) is 4.40. The number of benzene rings is 1. The molecule has 4 nitrogen and oxygen atoms in total. The summed E-state index contributed by atoms with van der Waals surface area (Å²) in [4.78, 5) is 11.1. The Morgan fingerprint density at radius 1 is 1.14 bits per heavy atom. The monoisotopic (exact) mass is 348 g/mol. The Morgan fingerprint density at radius 2 is 1.90 bits per heavy atom. The van der Waals surface area contributed by atoms with Crippen LogP contribution in [0.15, 0.2) is 29.0 Å². The van der Waals surface area contributed by atoms with Gasteiger partial charge >= 0.3 is 0 Å². The zero-order valence-electron chi connectivity index (χ0n) is 12.5. The first-order valence-electron chi connectivity index (χ1n) is 7.46. The van der Waals surface area contributed by atoms with Gasteiger partial charge in [-0.25, -0.2) is 9.97 Å². The van der Waals surface area contributed by atoms with Gasteiger partial charge in [0.05, 0.1) is 5.52 Å². The minimum absolute atomic E-state index is 0.512. The van der Waals surface area contributed by atoms with Crippen LogP contribution in [0, 0.1) is 0 Å². The molecular formula is C16H21BrN4. The Balaban J connectivity index is 1.75. The standard InChI is InChI=1S/C16H21BrN4/c1-21(2)13-6-4-12(5-7-13)20-16-14-9-11(17)3-8-15(14)18-10-19-16/h3,8-10,12-13H,4-7H2,1-2H3,(H,18,19,20)/t12-,13-. The molecule has 0 radical (unpaired) electrons. The summed E-state index contributed by atoms with van der Waals surface area (Å²) < 4.78 is 1.06. The number of nitrogens with zero attached hydrogens (tertiary/aromatic N) is 3. The summed E-state index contributed by atoms with van der Waals surface area (Å²) in [5.41, 5.74) is 0.984. The van der Waals surface area contributed by atoms with Gasteiger partial charge in [0.1, 0.15) is 12.1 Å². The lowest BCUT2D eigenvalue weighted by molar-refractivity contribution is 0.221. The Morgan fingerprint density at radius 3 is 2.62 bits per heavy atom. The number of hydrogen-bond donors (Lipinski definition) is 1. The van der Waals surface area contributed by atoms with Crippen molar-refractivity contribution in [1.82, 2.24) is 14.9 Å². The van der Waals surface area contributed by atoms with Crippen LogP contribution in [-0.4, -0.2) is 41.0 Å². The summed E-state index contributed by atoms with van der Waals surface area (Å²) in [7, 11) is 4.35. The predicted molar refractivity (Wildman–Crippen MR) is 90.6 cm³/mol. The molecule has 3 rings (SSSR count). The molecule has 21 heavy (non-hydrogen) atoms. The Hall–Kier alpha value is -1.20. The molecule has 0 saturated heterocycles. The topological polar surface area (TPSA) is 41.0 Å². The first kappa shape index (κ1) is 14.7. The second-order valence-electron chi connectivity index (χ2n) is 6.00. The SMILES string of the molecule is CN(C)[C@H]1CC[C@H](Nc2ncnc3ccc(Br)cc23)CC1. The van der Waals surface area contributed by atoms with Gasteiger partial charge in [-0.1, -0.05) is 15.9 Å². The smallest absolute Gasteiger partial charge is 0.137 e. The van der Waals surface area contributed by atoms with Gasteiger partial charge in [-0.15, -0.1) is 0 Å². The van der Waals surface area contributed by atoms with Crippen molar-refractivity contribution < 1.29 is 0 Å². The van der Waals surface area contributed by atoms with Gasteiger partial charge < -0.3 is 10.2 Å². The molecule has 5 heteroatoms. The fraction of sp³-hybridized carbons (Fsp3) is 0.500. The van der Waals surface area contributed by atoms with Crippen molar-refractivity contribution in [3.8, 4) is 0 Å². The number of aromatic nitrogens is 2. The molecular weight excluding hydrogens is 328 g/mol. The van der Waals surface area contributed by atoms with Crippen LogP contribution in [0.25, 0.3) is 10.9 Å². The van der Waals surface area contributed by atoms with Crippen LogP contribution < -0.4 is 5.32 Å². The maximum atomic E-state index is 4.44. The molecule has 0 bridgehead atoms. The second kappa shape index (κ2) is 6.28. The highest BCUT2D eigenvalue weighted by Crippen LogP contribution is 2.28. The molecule has 1 aliphatic rings. The van der Waals surface area contributed by atoms with Crippen molar-refractivity contribution in [2.45, 2.75) is 37.8 Å². The summed E-state index contributed by atoms with van der Waals surface area (Å²) in [6.45, 7) is 0. The number of rotatable bonds is 3. The molecule has 0 aliphatic heterocycles. The summed E-state index contributed by atoms with van der Waals surface area (Å²) >= 11 is 3.53. The molecule has 1 fully saturated rings. The summed E-state index contributed by atoms with van der Waals surface area (Å²) in [5.74, 6) is 0.953. The van der Waals surface area contributed by atoms with Crippen molar-refractivity contribution in [3.63, 3.8) is 0 Å². The van der Waals surface area contributed by atoms with Crippen molar-refractivity contribution >= 4 is 32.7 Å². The third-order valence-corrected chi connectivity index (χ3v) is 4.86. The van der Waals surface area contributed by atoms with Crippen molar-refractivity contribution in [2.75, 3.05) is 19.4 Å². The highest BCUT2D eigenvalue weighted by Gasteiger charge is 2.22. The van der Waals surface area contributed by atoms with Gasteiger partial charge in [0.25, 0.3) is 0 Å². The second-order valence-corrected chi connectivity index (χ2v) is 6.91. The third kappa shape index (κ3) is 3.35. The van der Waals surface area contributed by atoms with Crippen LogP contribution in [0.2, 0.25) is 0 Å².